The van der Waals surface area contributed by atoms with Crippen LogP contribution < -0.4 is 5.73 Å². The number of carboxylic acids is 1. The lowest BCUT2D eigenvalue weighted by molar-refractivity contribution is -0.138. The summed E-state index contributed by atoms with van der Waals surface area (Å²) in [5.74, 6) is -1.12. The number of hydrogen-bond donors (Lipinski definition) is 2. The minimum absolute atomic E-state index is 0.0931. The average Bonchev–Trinajstić information content (AvgIpc) is 1.87. The van der Waals surface area contributed by atoms with E-state index in [2.05, 4.69) is 0 Å². The molecule has 5 heteroatoms. The molecule has 0 aromatic heterocycles. The van der Waals surface area contributed by atoms with Gasteiger partial charge in [-0.25, -0.2) is 0 Å². The van der Waals surface area contributed by atoms with Gasteiger partial charge in [0.05, 0.1) is 0 Å². The van der Waals surface area contributed by atoms with E-state index in [0.717, 1.165) is 0 Å². The Morgan fingerprint density at radius 2 is 2.09 bits per heavy atom. The third-order valence-electron chi connectivity index (χ3n) is 1.37. The minimum Gasteiger partial charge on any atom is -0.480 e. The van der Waals surface area contributed by atoms with Crippen molar-refractivity contribution in [2.24, 2.45) is 11.7 Å². The number of rotatable bonds is 4. The van der Waals surface area contributed by atoms with Crippen LogP contribution in [0.15, 0.2) is 0 Å². The summed E-state index contributed by atoms with van der Waals surface area (Å²) in [5.41, 5.74) is 5.24. The van der Waals surface area contributed by atoms with Gasteiger partial charge in [0.1, 0.15) is 10.9 Å². The van der Waals surface area contributed by atoms with Gasteiger partial charge in [0.15, 0.2) is 0 Å². The van der Waals surface area contributed by atoms with Crippen molar-refractivity contribution < 1.29 is 9.90 Å². The Labute approximate surface area is 75.5 Å². The van der Waals surface area contributed by atoms with Crippen molar-refractivity contribution in [3.05, 3.63) is 0 Å². The SMILES string of the molecule is CC(CC(N)C(=O)O)C(Cl)Cl. The van der Waals surface area contributed by atoms with Gasteiger partial charge < -0.3 is 10.8 Å². The molecule has 0 radical (unpaired) electrons. The topological polar surface area (TPSA) is 63.3 Å². The predicted octanol–water partition coefficient (Wildman–Crippen LogP) is 1.23. The molecule has 3 N–H and O–H groups in total. The van der Waals surface area contributed by atoms with Crippen molar-refractivity contribution in [1.82, 2.24) is 0 Å². The number of halogens is 2. The molecule has 0 aliphatic rings. The van der Waals surface area contributed by atoms with Crippen LogP contribution in [0.4, 0.5) is 0 Å². The average molecular weight is 200 g/mol. The molecular weight excluding hydrogens is 189 g/mol. The third kappa shape index (κ3) is 4.45. The van der Waals surface area contributed by atoms with Crippen LogP contribution >= 0.6 is 23.2 Å². The molecular formula is C6H11Cl2NO2. The molecule has 0 heterocycles. The fourth-order valence-electron chi connectivity index (χ4n) is 0.604. The molecule has 0 spiro atoms. The van der Waals surface area contributed by atoms with Gasteiger partial charge >= 0.3 is 5.97 Å². The lowest BCUT2D eigenvalue weighted by Crippen LogP contribution is -2.32. The van der Waals surface area contributed by atoms with Crippen molar-refractivity contribution >= 4 is 29.2 Å². The zero-order valence-corrected chi connectivity index (χ0v) is 7.64. The molecule has 0 rings (SSSR count). The first-order valence-corrected chi connectivity index (χ1v) is 4.09. The van der Waals surface area contributed by atoms with Crippen LogP contribution in [-0.2, 0) is 4.79 Å². The van der Waals surface area contributed by atoms with Crippen LogP contribution in [0.1, 0.15) is 13.3 Å². The maximum atomic E-state index is 10.2. The van der Waals surface area contributed by atoms with E-state index in [0.29, 0.717) is 6.42 Å². The quantitative estimate of drug-likeness (QED) is 0.670. The highest BCUT2D eigenvalue weighted by molar-refractivity contribution is 6.44. The van der Waals surface area contributed by atoms with Gasteiger partial charge in [0, 0.05) is 0 Å². The molecule has 66 valence electrons. The molecule has 0 saturated heterocycles. The van der Waals surface area contributed by atoms with E-state index in [1.807, 2.05) is 0 Å². The van der Waals surface area contributed by atoms with E-state index in [4.69, 9.17) is 34.0 Å². The molecule has 2 unspecified atom stereocenters. The normalized spacial score (nSPS) is 16.5. The summed E-state index contributed by atoms with van der Waals surface area (Å²) >= 11 is 11.0. The Hall–Kier alpha value is 0.01000. The maximum Gasteiger partial charge on any atom is 0.320 e. The van der Waals surface area contributed by atoms with Crippen LogP contribution in [0.3, 0.4) is 0 Å². The lowest BCUT2D eigenvalue weighted by atomic mass is 10.0. The number of carboxylic acid groups (broad SMARTS) is 1. The number of carbonyl (C=O) groups is 1. The Kier molecular flexibility index (Phi) is 4.81. The molecule has 0 fully saturated rings. The van der Waals surface area contributed by atoms with Gasteiger partial charge in [0.25, 0.3) is 0 Å². The van der Waals surface area contributed by atoms with Gasteiger partial charge in [0.2, 0.25) is 0 Å². The number of nitrogens with two attached hydrogens (primary N) is 1. The standard InChI is InChI=1S/C6H11Cl2NO2/c1-3(5(7)8)2-4(9)6(10)11/h3-5H,2,9H2,1H3,(H,10,11). The van der Waals surface area contributed by atoms with Crippen LogP contribution in [-0.4, -0.2) is 22.0 Å². The molecule has 0 aliphatic heterocycles. The second-order valence-corrected chi connectivity index (χ2v) is 3.66. The molecule has 0 aromatic carbocycles. The van der Waals surface area contributed by atoms with Crippen molar-refractivity contribution in [1.29, 1.82) is 0 Å². The van der Waals surface area contributed by atoms with Gasteiger partial charge in [-0.3, -0.25) is 4.79 Å². The first kappa shape index (κ1) is 11.0. The highest BCUT2D eigenvalue weighted by Crippen LogP contribution is 2.18. The van der Waals surface area contributed by atoms with E-state index >= 15 is 0 Å². The summed E-state index contributed by atoms with van der Waals surface area (Å²) in [6.45, 7) is 1.76. The Balaban J connectivity index is 3.75. The summed E-state index contributed by atoms with van der Waals surface area (Å²) in [4.78, 5) is 9.69. The molecule has 0 amide bonds. The summed E-state index contributed by atoms with van der Waals surface area (Å²) in [6, 6.07) is -0.870. The molecule has 0 bridgehead atoms. The summed E-state index contributed by atoms with van der Waals surface area (Å²) < 4.78 is 0. The zero-order valence-electron chi connectivity index (χ0n) is 6.13. The van der Waals surface area contributed by atoms with Gasteiger partial charge in [-0.05, 0) is 12.3 Å². The van der Waals surface area contributed by atoms with Crippen molar-refractivity contribution in [3.8, 4) is 0 Å². The van der Waals surface area contributed by atoms with Gasteiger partial charge in [-0.15, -0.1) is 23.2 Å². The highest BCUT2D eigenvalue weighted by Gasteiger charge is 2.19. The first-order chi connectivity index (χ1) is 4.95. The van der Waals surface area contributed by atoms with E-state index in [1.54, 1.807) is 6.92 Å². The van der Waals surface area contributed by atoms with Crippen LogP contribution in [0.2, 0.25) is 0 Å². The Bertz CT molecular complexity index is 141. The summed E-state index contributed by atoms with van der Waals surface area (Å²) in [7, 11) is 0. The molecule has 0 aromatic rings. The Morgan fingerprint density at radius 1 is 1.64 bits per heavy atom. The lowest BCUT2D eigenvalue weighted by Gasteiger charge is -2.14. The van der Waals surface area contributed by atoms with E-state index < -0.39 is 16.8 Å². The molecule has 11 heavy (non-hydrogen) atoms. The van der Waals surface area contributed by atoms with Crippen molar-refractivity contribution in [2.45, 2.75) is 24.2 Å². The number of alkyl halides is 2. The van der Waals surface area contributed by atoms with E-state index in [9.17, 15) is 4.79 Å². The van der Waals surface area contributed by atoms with E-state index in [1.165, 1.54) is 0 Å². The van der Waals surface area contributed by atoms with Gasteiger partial charge in [-0.1, -0.05) is 6.92 Å². The smallest absolute Gasteiger partial charge is 0.320 e. The second kappa shape index (κ2) is 4.80. The largest absolute Gasteiger partial charge is 0.480 e. The molecule has 3 nitrogen and oxygen atoms in total. The first-order valence-electron chi connectivity index (χ1n) is 3.21. The van der Waals surface area contributed by atoms with Crippen LogP contribution in [0, 0.1) is 5.92 Å². The van der Waals surface area contributed by atoms with Crippen molar-refractivity contribution in [3.63, 3.8) is 0 Å². The molecule has 2 atom stereocenters. The van der Waals surface area contributed by atoms with Crippen molar-refractivity contribution in [2.75, 3.05) is 0 Å². The summed E-state index contributed by atoms with van der Waals surface area (Å²) in [5, 5.41) is 8.40. The van der Waals surface area contributed by atoms with Crippen LogP contribution in [0.5, 0.6) is 0 Å². The van der Waals surface area contributed by atoms with E-state index in [-0.39, 0.29) is 5.92 Å². The Morgan fingerprint density at radius 3 is 2.36 bits per heavy atom. The van der Waals surface area contributed by atoms with Crippen LogP contribution in [0.25, 0.3) is 0 Å². The molecule has 0 aliphatic carbocycles. The predicted molar refractivity (Wildman–Crippen MR) is 44.9 cm³/mol. The summed E-state index contributed by atoms with van der Waals surface area (Å²) in [6.07, 6.45) is 0.299. The fourth-order valence-corrected chi connectivity index (χ4v) is 0.810. The monoisotopic (exact) mass is 199 g/mol. The number of aliphatic carboxylic acids is 1. The zero-order chi connectivity index (χ0) is 9.02. The maximum absolute atomic E-state index is 10.2. The van der Waals surface area contributed by atoms with Gasteiger partial charge in [-0.2, -0.15) is 0 Å². The fraction of sp³-hybridized carbons (Fsp3) is 0.833. The second-order valence-electron chi connectivity index (χ2n) is 2.49. The third-order valence-corrected chi connectivity index (χ3v) is 2.23. The highest BCUT2D eigenvalue weighted by atomic mass is 35.5. The minimum atomic E-state index is -1.02. The molecule has 0 saturated carbocycles. The number of hydrogen-bond acceptors (Lipinski definition) is 2.